The van der Waals surface area contributed by atoms with Crippen LogP contribution in [0.5, 0.6) is 0 Å². The first-order valence-electron chi connectivity index (χ1n) is 7.42. The van der Waals surface area contributed by atoms with E-state index in [0.717, 1.165) is 12.8 Å². The van der Waals surface area contributed by atoms with Gasteiger partial charge in [-0.15, -0.1) is 16.4 Å². The van der Waals surface area contributed by atoms with E-state index in [-0.39, 0.29) is 17.8 Å². The van der Waals surface area contributed by atoms with Crippen LogP contribution in [0.15, 0.2) is 35.8 Å². The number of hydrogen-bond acceptors (Lipinski definition) is 7. The van der Waals surface area contributed by atoms with E-state index in [1.165, 1.54) is 23.5 Å². The Balaban J connectivity index is 1.61. The van der Waals surface area contributed by atoms with Crippen LogP contribution in [0, 0.1) is 10.1 Å². The Labute approximate surface area is 140 Å². The van der Waals surface area contributed by atoms with E-state index in [0.29, 0.717) is 22.0 Å². The van der Waals surface area contributed by atoms with E-state index in [2.05, 4.69) is 15.3 Å². The molecule has 1 fully saturated rings. The van der Waals surface area contributed by atoms with Gasteiger partial charge in [-0.25, -0.2) is 9.67 Å². The fraction of sp³-hybridized carbons (Fsp3) is 0.267. The molecule has 0 aliphatic heterocycles. The standard InChI is InChI=1S/C15H13N5O3S/c21-14-5-4-13(14)19-7-11(17-18-19)12-8-24-15(16-12)9-2-1-3-10(6-9)20(22)23/h1-3,6-8,13-14,21H,4-5H2/t13-,14-/m1/s1. The van der Waals surface area contributed by atoms with Gasteiger partial charge < -0.3 is 5.11 Å². The van der Waals surface area contributed by atoms with Gasteiger partial charge in [0.2, 0.25) is 0 Å². The van der Waals surface area contributed by atoms with Crippen molar-refractivity contribution in [2.75, 3.05) is 0 Å². The number of thiazole rings is 1. The minimum atomic E-state index is -0.423. The zero-order chi connectivity index (χ0) is 16.7. The van der Waals surface area contributed by atoms with Gasteiger partial charge in [-0.2, -0.15) is 0 Å². The van der Waals surface area contributed by atoms with Crippen LogP contribution < -0.4 is 0 Å². The molecule has 8 nitrogen and oxygen atoms in total. The monoisotopic (exact) mass is 343 g/mol. The molecule has 0 spiro atoms. The fourth-order valence-corrected chi connectivity index (χ4v) is 3.42. The van der Waals surface area contributed by atoms with E-state index in [1.54, 1.807) is 23.0 Å². The highest BCUT2D eigenvalue weighted by Crippen LogP contribution is 2.33. The normalized spacial score (nSPS) is 19.9. The summed E-state index contributed by atoms with van der Waals surface area (Å²) in [6.45, 7) is 0. The van der Waals surface area contributed by atoms with Crippen LogP contribution in [0.25, 0.3) is 22.0 Å². The first kappa shape index (κ1) is 14.9. The highest BCUT2D eigenvalue weighted by Gasteiger charge is 2.31. The molecule has 0 radical (unpaired) electrons. The van der Waals surface area contributed by atoms with Gasteiger partial charge in [-0.3, -0.25) is 10.1 Å². The molecule has 1 aliphatic carbocycles. The first-order chi connectivity index (χ1) is 11.6. The van der Waals surface area contributed by atoms with E-state index in [1.807, 2.05) is 5.38 Å². The molecule has 4 rings (SSSR count). The number of nitro groups is 1. The summed E-state index contributed by atoms with van der Waals surface area (Å²) in [4.78, 5) is 15.0. The van der Waals surface area contributed by atoms with Gasteiger partial charge in [0.05, 0.1) is 23.3 Å². The zero-order valence-electron chi connectivity index (χ0n) is 12.4. The number of nitro benzene ring substituents is 1. The molecule has 24 heavy (non-hydrogen) atoms. The zero-order valence-corrected chi connectivity index (χ0v) is 13.3. The molecule has 1 saturated carbocycles. The highest BCUT2D eigenvalue weighted by atomic mass is 32.1. The summed E-state index contributed by atoms with van der Waals surface area (Å²) >= 11 is 1.40. The third kappa shape index (κ3) is 2.57. The number of aliphatic hydroxyl groups excluding tert-OH is 1. The second-order valence-electron chi connectivity index (χ2n) is 5.64. The Bertz CT molecular complexity index is 906. The predicted octanol–water partition coefficient (Wildman–Crippen LogP) is 2.67. The SMILES string of the molecule is O=[N+]([O-])c1cccc(-c2nc(-c3cn([C@@H]4CC[C@H]4O)nn3)cs2)c1. The molecule has 0 bridgehead atoms. The van der Waals surface area contributed by atoms with Gasteiger partial charge in [-0.1, -0.05) is 17.3 Å². The average molecular weight is 343 g/mol. The number of benzene rings is 1. The van der Waals surface area contributed by atoms with Crippen molar-refractivity contribution in [3.8, 4) is 22.0 Å². The van der Waals surface area contributed by atoms with Crippen molar-refractivity contribution < 1.29 is 10.0 Å². The Morgan fingerprint density at radius 2 is 2.21 bits per heavy atom. The third-order valence-electron chi connectivity index (χ3n) is 4.12. The van der Waals surface area contributed by atoms with Gasteiger partial charge in [0.15, 0.2) is 0 Å². The molecule has 2 atom stereocenters. The van der Waals surface area contributed by atoms with Gasteiger partial charge in [0, 0.05) is 23.1 Å². The second-order valence-corrected chi connectivity index (χ2v) is 6.50. The maximum absolute atomic E-state index is 10.9. The minimum Gasteiger partial charge on any atom is -0.391 e. The number of hydrogen-bond donors (Lipinski definition) is 1. The summed E-state index contributed by atoms with van der Waals surface area (Å²) in [5, 5.41) is 31.3. The molecule has 122 valence electrons. The summed E-state index contributed by atoms with van der Waals surface area (Å²) in [6, 6.07) is 6.37. The molecule has 0 unspecified atom stereocenters. The first-order valence-corrected chi connectivity index (χ1v) is 8.30. The third-order valence-corrected chi connectivity index (χ3v) is 5.01. The van der Waals surface area contributed by atoms with Crippen LogP contribution in [-0.2, 0) is 0 Å². The molecule has 2 heterocycles. The smallest absolute Gasteiger partial charge is 0.270 e. The lowest BCUT2D eigenvalue weighted by Gasteiger charge is -2.31. The number of non-ortho nitro benzene ring substituents is 1. The topological polar surface area (TPSA) is 107 Å². The van der Waals surface area contributed by atoms with Crippen LogP contribution in [0.2, 0.25) is 0 Å². The molecule has 1 aliphatic rings. The number of nitrogens with zero attached hydrogens (tertiary/aromatic N) is 5. The second kappa shape index (κ2) is 5.77. The minimum absolute atomic E-state index is 0.0128. The molecule has 1 aromatic carbocycles. The largest absolute Gasteiger partial charge is 0.391 e. The maximum atomic E-state index is 10.9. The summed E-state index contributed by atoms with van der Waals surface area (Å²) in [6.07, 6.45) is 3.09. The van der Waals surface area contributed by atoms with Gasteiger partial charge in [0.25, 0.3) is 5.69 Å². The van der Waals surface area contributed by atoms with Crippen molar-refractivity contribution in [2.24, 2.45) is 0 Å². The molecular weight excluding hydrogens is 330 g/mol. The van der Waals surface area contributed by atoms with Gasteiger partial charge in [0.1, 0.15) is 16.4 Å². The maximum Gasteiger partial charge on any atom is 0.270 e. The Morgan fingerprint density at radius 1 is 1.33 bits per heavy atom. The molecule has 2 aromatic heterocycles. The molecule has 1 N–H and O–H groups in total. The average Bonchev–Trinajstić information content (AvgIpc) is 3.22. The highest BCUT2D eigenvalue weighted by molar-refractivity contribution is 7.13. The van der Waals surface area contributed by atoms with Crippen LogP contribution in [-0.4, -0.2) is 36.1 Å². The summed E-state index contributed by atoms with van der Waals surface area (Å²) in [5.74, 6) is 0. The van der Waals surface area contributed by atoms with Crippen molar-refractivity contribution >= 4 is 17.0 Å². The Morgan fingerprint density at radius 3 is 2.92 bits per heavy atom. The summed E-state index contributed by atoms with van der Waals surface area (Å²) in [5.41, 5.74) is 2.03. The molecule has 0 amide bonds. The molecule has 3 aromatic rings. The lowest BCUT2D eigenvalue weighted by atomic mass is 9.89. The summed E-state index contributed by atoms with van der Waals surface area (Å²) in [7, 11) is 0. The Hall–Kier alpha value is -2.65. The van der Waals surface area contributed by atoms with Crippen molar-refractivity contribution in [2.45, 2.75) is 25.0 Å². The predicted molar refractivity (Wildman–Crippen MR) is 87.5 cm³/mol. The van der Waals surface area contributed by atoms with Crippen molar-refractivity contribution in [3.63, 3.8) is 0 Å². The Kier molecular flexibility index (Phi) is 3.58. The van der Waals surface area contributed by atoms with Crippen LogP contribution >= 0.6 is 11.3 Å². The van der Waals surface area contributed by atoms with Crippen LogP contribution in [0.3, 0.4) is 0 Å². The number of rotatable bonds is 4. The van der Waals surface area contributed by atoms with Crippen LogP contribution in [0.4, 0.5) is 5.69 Å². The van der Waals surface area contributed by atoms with Gasteiger partial charge in [-0.05, 0) is 12.8 Å². The molecule has 0 saturated heterocycles. The van der Waals surface area contributed by atoms with Crippen LogP contribution in [0.1, 0.15) is 18.9 Å². The lowest BCUT2D eigenvalue weighted by Crippen LogP contribution is -2.33. The molecule has 9 heteroatoms. The van der Waals surface area contributed by atoms with E-state index < -0.39 is 4.92 Å². The lowest BCUT2D eigenvalue weighted by molar-refractivity contribution is -0.384. The van der Waals surface area contributed by atoms with E-state index >= 15 is 0 Å². The summed E-state index contributed by atoms with van der Waals surface area (Å²) < 4.78 is 1.68. The van der Waals surface area contributed by atoms with E-state index in [4.69, 9.17) is 0 Å². The van der Waals surface area contributed by atoms with Crippen molar-refractivity contribution in [1.29, 1.82) is 0 Å². The van der Waals surface area contributed by atoms with Gasteiger partial charge >= 0.3 is 0 Å². The quantitative estimate of drug-likeness (QED) is 0.576. The number of aromatic nitrogens is 4. The molecular formula is C15H13N5O3S. The van der Waals surface area contributed by atoms with E-state index in [9.17, 15) is 15.2 Å². The van der Waals surface area contributed by atoms with Crippen molar-refractivity contribution in [3.05, 3.63) is 46.0 Å². The fourth-order valence-electron chi connectivity index (χ4n) is 2.61. The van der Waals surface area contributed by atoms with Crippen molar-refractivity contribution in [1.82, 2.24) is 20.0 Å². The number of aliphatic hydroxyl groups is 1.